The van der Waals surface area contributed by atoms with Crippen molar-refractivity contribution < 1.29 is 4.74 Å². The minimum Gasteiger partial charge on any atom is -0.352 e. The van der Waals surface area contributed by atoms with Gasteiger partial charge in [0.1, 0.15) is 0 Å². The molecule has 2 aliphatic heterocycles. The molecular formula is C12H16N2O. The lowest BCUT2D eigenvalue weighted by atomic mass is 10.3. The molecule has 0 aromatic rings. The van der Waals surface area contributed by atoms with Crippen LogP contribution in [0.1, 0.15) is 0 Å². The van der Waals surface area contributed by atoms with Gasteiger partial charge in [-0.1, -0.05) is 12.2 Å². The summed E-state index contributed by atoms with van der Waals surface area (Å²) in [6, 6.07) is 0. The normalized spacial score (nSPS) is 28.9. The second-order valence-electron chi connectivity index (χ2n) is 3.70. The first-order valence-corrected chi connectivity index (χ1v) is 5.07. The molecule has 0 bridgehead atoms. The lowest BCUT2D eigenvalue weighted by Crippen LogP contribution is -2.38. The Labute approximate surface area is 90.6 Å². The maximum absolute atomic E-state index is 5.93. The van der Waals surface area contributed by atoms with E-state index in [0.717, 1.165) is 0 Å². The molecule has 0 spiro atoms. The van der Waals surface area contributed by atoms with Crippen molar-refractivity contribution in [3.63, 3.8) is 0 Å². The fourth-order valence-corrected chi connectivity index (χ4v) is 1.56. The molecule has 2 aliphatic rings. The van der Waals surface area contributed by atoms with Crippen molar-refractivity contribution in [3.8, 4) is 0 Å². The quantitative estimate of drug-likeness (QED) is 0.680. The van der Waals surface area contributed by atoms with Gasteiger partial charge in [0.15, 0.2) is 12.5 Å². The second kappa shape index (κ2) is 4.36. The van der Waals surface area contributed by atoms with Crippen LogP contribution in [0.15, 0.2) is 48.9 Å². The molecule has 0 saturated carbocycles. The average Bonchev–Trinajstić information content (AvgIpc) is 2.24. The fraction of sp³-hybridized carbons (Fsp3) is 0.333. The first kappa shape index (κ1) is 10.1. The Morgan fingerprint density at radius 1 is 0.800 bits per heavy atom. The zero-order valence-corrected chi connectivity index (χ0v) is 9.08. The number of rotatable bonds is 2. The smallest absolute Gasteiger partial charge is 0.152 e. The summed E-state index contributed by atoms with van der Waals surface area (Å²) in [4.78, 5) is 4.08. The molecule has 0 radical (unpaired) electrons. The Morgan fingerprint density at radius 3 is 1.67 bits per heavy atom. The Bertz CT molecular complexity index is 299. The highest BCUT2D eigenvalue weighted by molar-refractivity contribution is 5.13. The van der Waals surface area contributed by atoms with Crippen LogP contribution in [0.4, 0.5) is 0 Å². The number of allylic oxidation sites excluding steroid dienone is 4. The SMILES string of the molecule is CN1C=CC=CC1OC1C=CC=CN1C. The van der Waals surface area contributed by atoms with E-state index in [9.17, 15) is 0 Å². The predicted molar refractivity (Wildman–Crippen MR) is 60.7 cm³/mol. The van der Waals surface area contributed by atoms with Crippen LogP contribution in [0.3, 0.4) is 0 Å². The minimum atomic E-state index is 0.0126. The molecule has 2 heterocycles. The van der Waals surface area contributed by atoms with E-state index in [1.54, 1.807) is 0 Å². The van der Waals surface area contributed by atoms with Crippen molar-refractivity contribution in [3.05, 3.63) is 48.9 Å². The molecule has 0 saturated heterocycles. The van der Waals surface area contributed by atoms with Crippen LogP contribution in [0, 0.1) is 0 Å². The van der Waals surface area contributed by atoms with E-state index in [-0.39, 0.29) is 12.5 Å². The molecule has 0 aromatic heterocycles. The van der Waals surface area contributed by atoms with Crippen LogP contribution in [0.2, 0.25) is 0 Å². The van der Waals surface area contributed by atoms with Crippen LogP contribution in [-0.2, 0) is 4.74 Å². The van der Waals surface area contributed by atoms with Gasteiger partial charge in [-0.2, -0.15) is 0 Å². The topological polar surface area (TPSA) is 15.7 Å². The van der Waals surface area contributed by atoms with E-state index in [1.165, 1.54) is 0 Å². The minimum absolute atomic E-state index is 0.0126. The molecule has 0 N–H and O–H groups in total. The molecule has 0 amide bonds. The van der Waals surface area contributed by atoms with Crippen molar-refractivity contribution in [2.45, 2.75) is 12.5 Å². The van der Waals surface area contributed by atoms with E-state index in [2.05, 4.69) is 0 Å². The Kier molecular flexibility index (Phi) is 2.92. The van der Waals surface area contributed by atoms with E-state index in [1.807, 2.05) is 72.8 Å². The van der Waals surface area contributed by atoms with Crippen LogP contribution in [0.25, 0.3) is 0 Å². The van der Waals surface area contributed by atoms with Gasteiger partial charge < -0.3 is 14.5 Å². The lowest BCUT2D eigenvalue weighted by molar-refractivity contribution is -0.0747. The first-order valence-electron chi connectivity index (χ1n) is 5.07. The highest BCUT2D eigenvalue weighted by atomic mass is 16.5. The van der Waals surface area contributed by atoms with E-state index in [4.69, 9.17) is 4.74 Å². The summed E-state index contributed by atoms with van der Waals surface area (Å²) in [5.74, 6) is 0. The van der Waals surface area contributed by atoms with Crippen molar-refractivity contribution in [1.29, 1.82) is 0 Å². The molecule has 80 valence electrons. The van der Waals surface area contributed by atoms with Crippen molar-refractivity contribution >= 4 is 0 Å². The van der Waals surface area contributed by atoms with Crippen LogP contribution < -0.4 is 0 Å². The molecule has 2 unspecified atom stereocenters. The van der Waals surface area contributed by atoms with Gasteiger partial charge in [-0.05, 0) is 24.3 Å². The van der Waals surface area contributed by atoms with Gasteiger partial charge in [0.05, 0.1) is 0 Å². The van der Waals surface area contributed by atoms with Crippen LogP contribution >= 0.6 is 0 Å². The molecule has 0 fully saturated rings. The summed E-state index contributed by atoms with van der Waals surface area (Å²) >= 11 is 0. The zero-order chi connectivity index (χ0) is 10.7. The maximum atomic E-state index is 5.93. The number of likely N-dealkylation sites (N-methyl/N-ethyl adjacent to an activating group) is 2. The van der Waals surface area contributed by atoms with Crippen molar-refractivity contribution in [1.82, 2.24) is 9.80 Å². The summed E-state index contributed by atoms with van der Waals surface area (Å²) in [5, 5.41) is 0. The van der Waals surface area contributed by atoms with Crippen molar-refractivity contribution in [2.75, 3.05) is 14.1 Å². The Morgan fingerprint density at radius 2 is 1.27 bits per heavy atom. The number of nitrogens with zero attached hydrogens (tertiary/aromatic N) is 2. The molecule has 2 atom stereocenters. The monoisotopic (exact) mass is 204 g/mol. The Hall–Kier alpha value is -1.48. The third-order valence-electron chi connectivity index (χ3n) is 2.50. The predicted octanol–water partition coefficient (Wildman–Crippen LogP) is 1.69. The van der Waals surface area contributed by atoms with Gasteiger partial charge >= 0.3 is 0 Å². The van der Waals surface area contributed by atoms with Crippen molar-refractivity contribution in [2.24, 2.45) is 0 Å². The van der Waals surface area contributed by atoms with Gasteiger partial charge in [0, 0.05) is 26.5 Å². The third kappa shape index (κ3) is 2.30. The maximum Gasteiger partial charge on any atom is 0.152 e. The second-order valence-corrected chi connectivity index (χ2v) is 3.70. The number of hydrogen-bond acceptors (Lipinski definition) is 3. The highest BCUT2D eigenvalue weighted by Crippen LogP contribution is 2.14. The van der Waals surface area contributed by atoms with Gasteiger partial charge in [-0.15, -0.1) is 0 Å². The number of ether oxygens (including phenoxy) is 1. The summed E-state index contributed by atoms with van der Waals surface area (Å²) in [6.45, 7) is 0. The molecular weight excluding hydrogens is 188 g/mol. The summed E-state index contributed by atoms with van der Waals surface area (Å²) in [7, 11) is 4.01. The van der Waals surface area contributed by atoms with Gasteiger partial charge in [-0.25, -0.2) is 0 Å². The largest absolute Gasteiger partial charge is 0.352 e. The lowest BCUT2D eigenvalue weighted by Gasteiger charge is -2.33. The summed E-state index contributed by atoms with van der Waals surface area (Å²) in [5.41, 5.74) is 0. The standard InChI is InChI=1S/C12H16N2O/c1-13-9-5-3-7-11(13)15-12-8-4-6-10-14(12)2/h3-12H,1-2H3. The molecule has 0 aromatic carbocycles. The van der Waals surface area contributed by atoms with Gasteiger partial charge in [-0.3, -0.25) is 0 Å². The third-order valence-corrected chi connectivity index (χ3v) is 2.50. The molecule has 3 nitrogen and oxygen atoms in total. The van der Waals surface area contributed by atoms with E-state index >= 15 is 0 Å². The fourth-order valence-electron chi connectivity index (χ4n) is 1.56. The average molecular weight is 204 g/mol. The molecule has 0 aliphatic carbocycles. The highest BCUT2D eigenvalue weighted by Gasteiger charge is 2.18. The summed E-state index contributed by atoms with van der Waals surface area (Å²) < 4.78 is 5.93. The molecule has 2 rings (SSSR count). The van der Waals surface area contributed by atoms with Crippen LogP contribution in [-0.4, -0.2) is 36.4 Å². The van der Waals surface area contributed by atoms with Gasteiger partial charge in [0.2, 0.25) is 0 Å². The van der Waals surface area contributed by atoms with E-state index < -0.39 is 0 Å². The molecule has 3 heteroatoms. The van der Waals surface area contributed by atoms with Crippen LogP contribution in [0.5, 0.6) is 0 Å². The molecule has 15 heavy (non-hydrogen) atoms. The zero-order valence-electron chi connectivity index (χ0n) is 9.08. The first-order chi connectivity index (χ1) is 7.27. The Balaban J connectivity index is 1.97. The van der Waals surface area contributed by atoms with E-state index in [0.29, 0.717) is 0 Å². The summed E-state index contributed by atoms with van der Waals surface area (Å²) in [6.07, 6.45) is 16.1. The van der Waals surface area contributed by atoms with Gasteiger partial charge in [0.25, 0.3) is 0 Å². The number of hydrogen-bond donors (Lipinski definition) is 0.